The van der Waals surface area contributed by atoms with Crippen LogP contribution >= 0.6 is 0 Å². The average molecular weight is 236 g/mol. The second-order valence-corrected chi connectivity index (χ2v) is 4.41. The van der Waals surface area contributed by atoms with Gasteiger partial charge in [0.25, 0.3) is 0 Å². The van der Waals surface area contributed by atoms with Crippen LogP contribution in [0.4, 0.5) is 0 Å². The Morgan fingerprint density at radius 3 is 2.82 bits per heavy atom. The molecule has 2 N–H and O–H groups in total. The minimum atomic E-state index is -0.846. The van der Waals surface area contributed by atoms with E-state index >= 15 is 0 Å². The molecule has 0 radical (unpaired) electrons. The van der Waals surface area contributed by atoms with E-state index in [-0.39, 0.29) is 12.2 Å². The minimum absolute atomic E-state index is 0.0449. The number of ether oxygens (including phenoxy) is 1. The number of benzene rings is 1. The number of carboxylic acid groups (broad SMARTS) is 1. The monoisotopic (exact) mass is 236 g/mol. The zero-order chi connectivity index (χ0) is 12.3. The van der Waals surface area contributed by atoms with Crippen molar-refractivity contribution in [3.63, 3.8) is 0 Å². The first-order valence-electron chi connectivity index (χ1n) is 5.82. The highest BCUT2D eigenvalue weighted by molar-refractivity contribution is 5.67. The van der Waals surface area contributed by atoms with Crippen molar-refractivity contribution in [3.05, 3.63) is 23.8 Å². The van der Waals surface area contributed by atoms with E-state index in [1.54, 1.807) is 18.2 Å². The SMILES string of the molecule is O=C(O)CCc1cccc(O)c1OCC1CC1. The average Bonchev–Trinajstić information content (AvgIpc) is 3.08. The number of phenolic OH excluding ortho intramolecular Hbond substituents is 1. The molecule has 4 heteroatoms. The fourth-order valence-electron chi connectivity index (χ4n) is 1.66. The maximum atomic E-state index is 10.5. The van der Waals surface area contributed by atoms with Crippen molar-refractivity contribution >= 4 is 5.97 Å². The molecule has 2 rings (SSSR count). The van der Waals surface area contributed by atoms with E-state index in [0.717, 1.165) is 5.56 Å². The lowest BCUT2D eigenvalue weighted by molar-refractivity contribution is -0.136. The Morgan fingerprint density at radius 2 is 2.18 bits per heavy atom. The Labute approximate surface area is 99.8 Å². The number of aromatic hydroxyl groups is 1. The second-order valence-electron chi connectivity index (χ2n) is 4.41. The first-order valence-corrected chi connectivity index (χ1v) is 5.82. The third-order valence-corrected chi connectivity index (χ3v) is 2.84. The highest BCUT2D eigenvalue weighted by atomic mass is 16.5. The van der Waals surface area contributed by atoms with Crippen LogP contribution in [0.15, 0.2) is 18.2 Å². The second kappa shape index (κ2) is 5.08. The summed E-state index contributed by atoms with van der Waals surface area (Å²) in [6.45, 7) is 0.609. The van der Waals surface area contributed by atoms with E-state index in [4.69, 9.17) is 9.84 Å². The molecule has 0 unspecified atom stereocenters. The Kier molecular flexibility index (Phi) is 3.52. The number of aryl methyl sites for hydroxylation is 1. The molecule has 1 aromatic carbocycles. The topological polar surface area (TPSA) is 66.8 Å². The summed E-state index contributed by atoms with van der Waals surface area (Å²) in [5.41, 5.74) is 0.757. The summed E-state index contributed by atoms with van der Waals surface area (Å²) >= 11 is 0. The van der Waals surface area contributed by atoms with E-state index in [9.17, 15) is 9.90 Å². The summed E-state index contributed by atoms with van der Waals surface area (Å²) in [6.07, 6.45) is 2.78. The molecule has 0 aromatic heterocycles. The lowest BCUT2D eigenvalue weighted by Gasteiger charge is -2.12. The Hall–Kier alpha value is -1.71. The summed E-state index contributed by atoms with van der Waals surface area (Å²) in [4.78, 5) is 10.5. The minimum Gasteiger partial charge on any atom is -0.504 e. The molecule has 0 aliphatic heterocycles. The van der Waals surface area contributed by atoms with E-state index < -0.39 is 5.97 Å². The van der Waals surface area contributed by atoms with Crippen molar-refractivity contribution in [3.8, 4) is 11.5 Å². The number of aliphatic carboxylic acids is 1. The number of carbonyl (C=O) groups is 1. The molecule has 1 aliphatic carbocycles. The normalized spacial score (nSPS) is 14.6. The molecule has 17 heavy (non-hydrogen) atoms. The zero-order valence-electron chi connectivity index (χ0n) is 9.56. The quantitative estimate of drug-likeness (QED) is 0.794. The maximum Gasteiger partial charge on any atom is 0.303 e. The van der Waals surface area contributed by atoms with Crippen LogP contribution in [0.5, 0.6) is 11.5 Å². The van der Waals surface area contributed by atoms with Gasteiger partial charge in [0.15, 0.2) is 11.5 Å². The van der Waals surface area contributed by atoms with Crippen LogP contribution in [-0.4, -0.2) is 22.8 Å². The van der Waals surface area contributed by atoms with Gasteiger partial charge >= 0.3 is 5.97 Å². The summed E-state index contributed by atoms with van der Waals surface area (Å²) < 4.78 is 5.58. The lowest BCUT2D eigenvalue weighted by Crippen LogP contribution is -2.04. The molecule has 0 atom stereocenters. The number of para-hydroxylation sites is 1. The van der Waals surface area contributed by atoms with Crippen LogP contribution < -0.4 is 4.74 Å². The number of rotatable bonds is 6. The van der Waals surface area contributed by atoms with E-state index in [1.165, 1.54) is 12.8 Å². The molecule has 1 aliphatic rings. The van der Waals surface area contributed by atoms with Crippen LogP contribution in [0.2, 0.25) is 0 Å². The van der Waals surface area contributed by atoms with Crippen molar-refractivity contribution in [2.75, 3.05) is 6.61 Å². The molecular weight excluding hydrogens is 220 g/mol. The van der Waals surface area contributed by atoms with Crippen LogP contribution in [0.1, 0.15) is 24.8 Å². The van der Waals surface area contributed by atoms with Gasteiger partial charge in [-0.1, -0.05) is 12.1 Å². The van der Waals surface area contributed by atoms with Gasteiger partial charge in [-0.15, -0.1) is 0 Å². The predicted octanol–water partition coefficient (Wildman–Crippen LogP) is 2.20. The van der Waals surface area contributed by atoms with E-state index in [2.05, 4.69) is 0 Å². The third kappa shape index (κ3) is 3.37. The molecule has 0 bridgehead atoms. The summed E-state index contributed by atoms with van der Waals surface area (Å²) in [5.74, 6) is 0.289. The van der Waals surface area contributed by atoms with Gasteiger partial charge < -0.3 is 14.9 Å². The Bertz CT molecular complexity index is 410. The number of hydrogen-bond acceptors (Lipinski definition) is 3. The first-order chi connectivity index (χ1) is 8.16. The molecule has 4 nitrogen and oxygen atoms in total. The fourth-order valence-corrected chi connectivity index (χ4v) is 1.66. The smallest absolute Gasteiger partial charge is 0.303 e. The molecular formula is C13H16O4. The van der Waals surface area contributed by atoms with Crippen molar-refractivity contribution < 1.29 is 19.7 Å². The van der Waals surface area contributed by atoms with Gasteiger partial charge in [0.2, 0.25) is 0 Å². The molecule has 92 valence electrons. The molecule has 0 heterocycles. The largest absolute Gasteiger partial charge is 0.504 e. The third-order valence-electron chi connectivity index (χ3n) is 2.84. The van der Waals surface area contributed by atoms with Gasteiger partial charge in [-0.2, -0.15) is 0 Å². The van der Waals surface area contributed by atoms with Crippen LogP contribution in [0.25, 0.3) is 0 Å². The highest BCUT2D eigenvalue weighted by Gasteiger charge is 2.23. The summed E-state index contributed by atoms with van der Waals surface area (Å²) in [6, 6.07) is 5.06. The molecule has 0 amide bonds. The summed E-state index contributed by atoms with van der Waals surface area (Å²) in [7, 11) is 0. The van der Waals surface area contributed by atoms with Crippen molar-refractivity contribution in [1.82, 2.24) is 0 Å². The van der Waals surface area contributed by atoms with Gasteiger partial charge in [0.05, 0.1) is 6.61 Å². The number of phenols is 1. The van der Waals surface area contributed by atoms with Gasteiger partial charge in [-0.05, 0) is 36.8 Å². The molecule has 1 fully saturated rings. The number of carboxylic acids is 1. The van der Waals surface area contributed by atoms with Crippen LogP contribution in [0.3, 0.4) is 0 Å². The standard InChI is InChI=1S/C13H16O4/c14-11-3-1-2-10(6-7-12(15)16)13(11)17-8-9-4-5-9/h1-3,9,14H,4-8H2,(H,15,16). The molecule has 1 saturated carbocycles. The molecule has 0 saturated heterocycles. The van der Waals surface area contributed by atoms with Crippen LogP contribution in [0, 0.1) is 5.92 Å². The van der Waals surface area contributed by atoms with E-state index in [0.29, 0.717) is 24.7 Å². The van der Waals surface area contributed by atoms with Gasteiger partial charge in [-0.3, -0.25) is 4.79 Å². The first kappa shape index (κ1) is 11.8. The number of hydrogen-bond donors (Lipinski definition) is 2. The zero-order valence-corrected chi connectivity index (χ0v) is 9.56. The van der Waals surface area contributed by atoms with Crippen LogP contribution in [-0.2, 0) is 11.2 Å². The fraction of sp³-hybridized carbons (Fsp3) is 0.462. The predicted molar refractivity (Wildman–Crippen MR) is 62.3 cm³/mol. The van der Waals surface area contributed by atoms with Crippen molar-refractivity contribution in [1.29, 1.82) is 0 Å². The molecule has 0 spiro atoms. The summed E-state index contributed by atoms with van der Waals surface area (Å²) in [5, 5.41) is 18.4. The Balaban J connectivity index is 2.05. The van der Waals surface area contributed by atoms with Gasteiger partial charge in [0, 0.05) is 6.42 Å². The van der Waals surface area contributed by atoms with Crippen molar-refractivity contribution in [2.45, 2.75) is 25.7 Å². The highest BCUT2D eigenvalue weighted by Crippen LogP contribution is 2.34. The van der Waals surface area contributed by atoms with Crippen molar-refractivity contribution in [2.24, 2.45) is 5.92 Å². The lowest BCUT2D eigenvalue weighted by atomic mass is 10.1. The van der Waals surface area contributed by atoms with Gasteiger partial charge in [-0.25, -0.2) is 0 Å². The Morgan fingerprint density at radius 1 is 1.41 bits per heavy atom. The molecule has 1 aromatic rings. The maximum absolute atomic E-state index is 10.5. The van der Waals surface area contributed by atoms with E-state index in [1.807, 2.05) is 0 Å². The van der Waals surface area contributed by atoms with Gasteiger partial charge in [0.1, 0.15) is 0 Å².